The van der Waals surface area contributed by atoms with Crippen LogP contribution in [0.3, 0.4) is 0 Å². The number of likely N-dealkylation sites (tertiary alicyclic amines) is 1. The molecule has 5 nitrogen and oxygen atoms in total. The van der Waals surface area contributed by atoms with Crippen LogP contribution in [0, 0.1) is 0 Å². The quantitative estimate of drug-likeness (QED) is 0.795. The number of nitrogens with zero attached hydrogens (tertiary/aromatic N) is 1. The number of piperidine rings is 1. The van der Waals surface area contributed by atoms with Crippen LogP contribution >= 0.6 is 23.2 Å². The molecule has 2 unspecified atom stereocenters. The number of amides is 1. The van der Waals surface area contributed by atoms with Crippen molar-refractivity contribution in [1.29, 1.82) is 0 Å². The first-order valence-corrected chi connectivity index (χ1v) is 9.24. The van der Waals surface area contributed by atoms with E-state index in [1.165, 1.54) is 6.07 Å². The van der Waals surface area contributed by atoms with Crippen LogP contribution in [0.25, 0.3) is 0 Å². The molecule has 0 radical (unpaired) electrons. The molecule has 1 aromatic carbocycles. The first-order chi connectivity index (χ1) is 11.6. The highest BCUT2D eigenvalue weighted by Gasteiger charge is 2.33. The molecule has 1 aliphatic rings. The molecule has 0 aliphatic carbocycles. The van der Waals surface area contributed by atoms with Gasteiger partial charge in [0.1, 0.15) is 11.4 Å². The molecular formula is C18H26Cl2N2O3. The SMILES string of the molecule is CC1C(NCc2cc(Cl)cc(Cl)c2O)CCCN1C(=O)OC(C)(C)C. The summed E-state index contributed by atoms with van der Waals surface area (Å²) in [4.78, 5) is 14.1. The van der Waals surface area contributed by atoms with Gasteiger partial charge in [-0.1, -0.05) is 23.2 Å². The molecule has 2 rings (SSSR count). The molecule has 2 N–H and O–H groups in total. The second-order valence-electron chi connectivity index (χ2n) is 7.44. The van der Waals surface area contributed by atoms with E-state index in [1.807, 2.05) is 27.7 Å². The zero-order valence-corrected chi connectivity index (χ0v) is 16.6. The summed E-state index contributed by atoms with van der Waals surface area (Å²) < 4.78 is 5.49. The van der Waals surface area contributed by atoms with E-state index in [0.29, 0.717) is 23.7 Å². The van der Waals surface area contributed by atoms with Crippen molar-refractivity contribution in [3.8, 4) is 5.75 Å². The Labute approximate surface area is 159 Å². The van der Waals surface area contributed by atoms with E-state index in [4.69, 9.17) is 27.9 Å². The summed E-state index contributed by atoms with van der Waals surface area (Å²) in [6.45, 7) is 8.69. The molecule has 0 bridgehead atoms. The van der Waals surface area contributed by atoms with Gasteiger partial charge in [-0.15, -0.1) is 0 Å². The summed E-state index contributed by atoms with van der Waals surface area (Å²) in [7, 11) is 0. The zero-order valence-electron chi connectivity index (χ0n) is 15.1. The molecule has 1 aliphatic heterocycles. The minimum absolute atomic E-state index is 0.0135. The summed E-state index contributed by atoms with van der Waals surface area (Å²) >= 11 is 12.0. The maximum Gasteiger partial charge on any atom is 0.410 e. The molecule has 0 saturated carbocycles. The minimum atomic E-state index is -0.513. The Morgan fingerprint density at radius 2 is 2.08 bits per heavy atom. The minimum Gasteiger partial charge on any atom is -0.506 e. The average Bonchev–Trinajstić information content (AvgIpc) is 2.48. The number of phenolic OH excluding ortho intramolecular Hbond substituents is 1. The van der Waals surface area contributed by atoms with Crippen molar-refractivity contribution in [2.75, 3.05) is 6.54 Å². The maximum absolute atomic E-state index is 12.4. The summed E-state index contributed by atoms with van der Waals surface area (Å²) in [5.41, 5.74) is 0.125. The fourth-order valence-electron chi connectivity index (χ4n) is 2.99. The third-order valence-corrected chi connectivity index (χ3v) is 4.78. The normalized spacial score (nSPS) is 21.3. The van der Waals surface area contributed by atoms with Crippen molar-refractivity contribution in [2.45, 2.75) is 64.8 Å². The fraction of sp³-hybridized carbons (Fsp3) is 0.611. The standard InChI is InChI=1S/C18H26Cl2N2O3/c1-11-15(6-5-7-22(11)17(24)25-18(2,3)4)21-10-12-8-13(19)9-14(20)16(12)23/h8-9,11,15,21,23H,5-7,10H2,1-4H3. The lowest BCUT2D eigenvalue weighted by Gasteiger charge is -2.40. The fourth-order valence-corrected chi connectivity index (χ4v) is 3.52. The van der Waals surface area contributed by atoms with Crippen molar-refractivity contribution in [1.82, 2.24) is 10.2 Å². The van der Waals surface area contributed by atoms with Gasteiger partial charge in [-0.3, -0.25) is 0 Å². The lowest BCUT2D eigenvalue weighted by Crippen LogP contribution is -2.55. The van der Waals surface area contributed by atoms with Crippen molar-refractivity contribution >= 4 is 29.3 Å². The van der Waals surface area contributed by atoms with E-state index in [9.17, 15) is 9.90 Å². The number of carbonyl (C=O) groups is 1. The van der Waals surface area contributed by atoms with E-state index in [0.717, 1.165) is 12.8 Å². The Balaban J connectivity index is 2.02. The van der Waals surface area contributed by atoms with Gasteiger partial charge in [0, 0.05) is 35.8 Å². The summed E-state index contributed by atoms with van der Waals surface area (Å²) in [5.74, 6) is 0.0334. The monoisotopic (exact) mass is 388 g/mol. The van der Waals surface area contributed by atoms with Gasteiger partial charge in [-0.25, -0.2) is 4.79 Å². The average molecular weight is 389 g/mol. The van der Waals surface area contributed by atoms with Crippen LogP contribution < -0.4 is 5.32 Å². The van der Waals surface area contributed by atoms with E-state index in [2.05, 4.69) is 5.32 Å². The number of benzene rings is 1. The molecule has 25 heavy (non-hydrogen) atoms. The third-order valence-electron chi connectivity index (χ3n) is 4.28. The van der Waals surface area contributed by atoms with Crippen LogP contribution in [0.1, 0.15) is 46.1 Å². The number of phenols is 1. The van der Waals surface area contributed by atoms with E-state index >= 15 is 0 Å². The van der Waals surface area contributed by atoms with E-state index < -0.39 is 5.60 Å². The predicted octanol–water partition coefficient (Wildman–Crippen LogP) is 4.58. The van der Waals surface area contributed by atoms with Crippen LogP contribution in [-0.4, -0.2) is 40.3 Å². The van der Waals surface area contributed by atoms with Gasteiger partial charge in [0.2, 0.25) is 0 Å². The van der Waals surface area contributed by atoms with Crippen molar-refractivity contribution in [3.63, 3.8) is 0 Å². The van der Waals surface area contributed by atoms with Crippen molar-refractivity contribution < 1.29 is 14.6 Å². The topological polar surface area (TPSA) is 61.8 Å². The number of aromatic hydroxyl groups is 1. The summed E-state index contributed by atoms with van der Waals surface area (Å²) in [6.07, 6.45) is 1.54. The zero-order chi connectivity index (χ0) is 18.8. The predicted molar refractivity (Wildman–Crippen MR) is 100 cm³/mol. The molecule has 140 valence electrons. The van der Waals surface area contributed by atoms with Gasteiger partial charge < -0.3 is 20.1 Å². The molecule has 0 spiro atoms. The highest BCUT2D eigenvalue weighted by molar-refractivity contribution is 6.35. The van der Waals surface area contributed by atoms with Gasteiger partial charge in [-0.05, 0) is 52.7 Å². The number of halogens is 2. The van der Waals surface area contributed by atoms with E-state index in [1.54, 1.807) is 11.0 Å². The highest BCUT2D eigenvalue weighted by Crippen LogP contribution is 2.31. The highest BCUT2D eigenvalue weighted by atomic mass is 35.5. The second kappa shape index (κ2) is 8.02. The molecule has 1 amide bonds. The number of hydrogen-bond acceptors (Lipinski definition) is 4. The Kier molecular flexibility index (Phi) is 6.46. The molecular weight excluding hydrogens is 363 g/mol. The first kappa shape index (κ1) is 20.1. The van der Waals surface area contributed by atoms with Crippen LogP contribution in [-0.2, 0) is 11.3 Å². The van der Waals surface area contributed by atoms with Gasteiger partial charge in [-0.2, -0.15) is 0 Å². The van der Waals surface area contributed by atoms with Gasteiger partial charge in [0.15, 0.2) is 0 Å². The Morgan fingerprint density at radius 1 is 1.40 bits per heavy atom. The molecule has 1 saturated heterocycles. The summed E-state index contributed by atoms with van der Waals surface area (Å²) in [6, 6.07) is 3.28. The Bertz CT molecular complexity index is 631. The Hall–Kier alpha value is -1.17. The second-order valence-corrected chi connectivity index (χ2v) is 8.28. The maximum atomic E-state index is 12.4. The van der Waals surface area contributed by atoms with Crippen LogP contribution in [0.2, 0.25) is 10.0 Å². The molecule has 7 heteroatoms. The molecule has 2 atom stereocenters. The number of carbonyl (C=O) groups excluding carboxylic acids is 1. The Morgan fingerprint density at radius 3 is 2.72 bits per heavy atom. The number of rotatable bonds is 3. The van der Waals surface area contributed by atoms with Gasteiger partial charge in [0.05, 0.1) is 5.02 Å². The van der Waals surface area contributed by atoms with Crippen molar-refractivity contribution in [2.24, 2.45) is 0 Å². The summed E-state index contributed by atoms with van der Waals surface area (Å²) in [5, 5.41) is 14.2. The van der Waals surface area contributed by atoms with E-state index in [-0.39, 0.29) is 28.9 Å². The largest absolute Gasteiger partial charge is 0.506 e. The number of ether oxygens (including phenoxy) is 1. The molecule has 1 fully saturated rings. The van der Waals surface area contributed by atoms with Crippen LogP contribution in [0.15, 0.2) is 12.1 Å². The molecule has 1 aromatic rings. The van der Waals surface area contributed by atoms with Crippen molar-refractivity contribution in [3.05, 3.63) is 27.7 Å². The molecule has 0 aromatic heterocycles. The van der Waals surface area contributed by atoms with Gasteiger partial charge in [0.25, 0.3) is 0 Å². The number of nitrogens with one attached hydrogen (secondary N) is 1. The smallest absolute Gasteiger partial charge is 0.410 e. The van der Waals surface area contributed by atoms with Crippen LogP contribution in [0.4, 0.5) is 4.79 Å². The first-order valence-electron chi connectivity index (χ1n) is 8.48. The van der Waals surface area contributed by atoms with Gasteiger partial charge >= 0.3 is 6.09 Å². The van der Waals surface area contributed by atoms with Crippen LogP contribution in [0.5, 0.6) is 5.75 Å². The third kappa shape index (κ3) is 5.40. The molecule has 1 heterocycles. The number of hydrogen-bond donors (Lipinski definition) is 2. The lowest BCUT2D eigenvalue weighted by atomic mass is 9.97. The lowest BCUT2D eigenvalue weighted by molar-refractivity contribution is 0.00697.